The van der Waals surface area contributed by atoms with Gasteiger partial charge in [0, 0.05) is 16.3 Å². The zero-order valence-electron chi connectivity index (χ0n) is 9.99. The van der Waals surface area contributed by atoms with E-state index in [0.29, 0.717) is 17.3 Å². The lowest BCUT2D eigenvalue weighted by Gasteiger charge is -2.07. The lowest BCUT2D eigenvalue weighted by molar-refractivity contribution is 0.630. The van der Waals surface area contributed by atoms with Crippen LogP contribution in [0.4, 0.5) is 10.1 Å². The van der Waals surface area contributed by atoms with Crippen LogP contribution in [0.25, 0.3) is 10.1 Å². The Morgan fingerprint density at radius 1 is 1.16 bits per heavy atom. The fourth-order valence-electron chi connectivity index (χ4n) is 1.99. The third-order valence-electron chi connectivity index (χ3n) is 2.96. The van der Waals surface area contributed by atoms with Crippen LogP contribution < -0.4 is 5.32 Å². The first-order valence-corrected chi connectivity index (χ1v) is 7.14. The van der Waals surface area contributed by atoms with Gasteiger partial charge >= 0.3 is 0 Å². The van der Waals surface area contributed by atoms with Gasteiger partial charge in [0.1, 0.15) is 5.82 Å². The van der Waals surface area contributed by atoms with Crippen molar-refractivity contribution in [2.24, 2.45) is 0 Å². The van der Waals surface area contributed by atoms with Crippen molar-refractivity contribution < 1.29 is 4.39 Å². The fourth-order valence-corrected chi connectivity index (χ4v) is 3.11. The summed E-state index contributed by atoms with van der Waals surface area (Å²) in [6.45, 7) is 0.600. The summed E-state index contributed by atoms with van der Waals surface area (Å²) in [6, 6.07) is 12.9. The maximum atomic E-state index is 13.6. The molecule has 2 aromatic carbocycles. The molecule has 1 heterocycles. The Kier molecular flexibility index (Phi) is 3.40. The quantitative estimate of drug-likeness (QED) is 0.690. The SMILES string of the molecule is Fc1cc(Cl)ccc1NCc1csc2ccccc12. The van der Waals surface area contributed by atoms with Crippen molar-refractivity contribution >= 4 is 38.7 Å². The zero-order chi connectivity index (χ0) is 13.2. The molecule has 4 heteroatoms. The Labute approximate surface area is 119 Å². The third kappa shape index (κ3) is 2.57. The highest BCUT2D eigenvalue weighted by Gasteiger charge is 2.05. The minimum Gasteiger partial charge on any atom is -0.379 e. The van der Waals surface area contributed by atoms with Crippen molar-refractivity contribution in [1.29, 1.82) is 0 Å². The fraction of sp³-hybridized carbons (Fsp3) is 0.0667. The van der Waals surface area contributed by atoms with E-state index in [1.165, 1.54) is 21.7 Å². The largest absolute Gasteiger partial charge is 0.379 e. The normalized spacial score (nSPS) is 10.8. The molecule has 0 radical (unpaired) electrons. The summed E-state index contributed by atoms with van der Waals surface area (Å²) in [4.78, 5) is 0. The minimum atomic E-state index is -0.327. The van der Waals surface area contributed by atoms with E-state index in [9.17, 15) is 4.39 Å². The van der Waals surface area contributed by atoms with E-state index in [2.05, 4.69) is 22.8 Å². The minimum absolute atomic E-state index is 0.327. The molecule has 0 aliphatic carbocycles. The Balaban J connectivity index is 1.82. The van der Waals surface area contributed by atoms with Gasteiger partial charge in [-0.05, 0) is 40.6 Å². The van der Waals surface area contributed by atoms with Crippen LogP contribution in [-0.4, -0.2) is 0 Å². The van der Waals surface area contributed by atoms with E-state index in [1.54, 1.807) is 23.5 Å². The molecule has 0 bridgehead atoms. The molecule has 1 N–H and O–H groups in total. The van der Waals surface area contributed by atoms with Gasteiger partial charge in [0.2, 0.25) is 0 Å². The van der Waals surface area contributed by atoms with Crippen LogP contribution in [0, 0.1) is 5.82 Å². The molecule has 3 rings (SSSR count). The molecule has 0 aliphatic rings. The number of thiophene rings is 1. The molecule has 0 fully saturated rings. The van der Waals surface area contributed by atoms with Crippen molar-refractivity contribution in [1.82, 2.24) is 0 Å². The first-order chi connectivity index (χ1) is 9.24. The second-order valence-electron chi connectivity index (χ2n) is 4.23. The molecule has 0 aliphatic heterocycles. The molecule has 0 spiro atoms. The molecule has 0 amide bonds. The summed E-state index contributed by atoms with van der Waals surface area (Å²) < 4.78 is 14.9. The van der Waals surface area contributed by atoms with E-state index in [-0.39, 0.29) is 5.82 Å². The number of anilines is 1. The van der Waals surface area contributed by atoms with Gasteiger partial charge < -0.3 is 5.32 Å². The standard InChI is InChI=1S/C15H11ClFNS/c16-11-5-6-14(13(17)7-11)18-8-10-9-19-15-4-2-1-3-12(10)15/h1-7,9,18H,8H2. The predicted molar refractivity (Wildman–Crippen MR) is 80.6 cm³/mol. The highest BCUT2D eigenvalue weighted by Crippen LogP contribution is 2.27. The average Bonchev–Trinajstić information content (AvgIpc) is 2.81. The van der Waals surface area contributed by atoms with E-state index < -0.39 is 0 Å². The molecule has 1 nitrogen and oxygen atoms in total. The number of nitrogens with one attached hydrogen (secondary N) is 1. The second-order valence-corrected chi connectivity index (χ2v) is 5.58. The summed E-state index contributed by atoms with van der Waals surface area (Å²) in [5.41, 5.74) is 1.65. The van der Waals surface area contributed by atoms with Gasteiger partial charge in [0.05, 0.1) is 5.69 Å². The third-order valence-corrected chi connectivity index (χ3v) is 4.21. The van der Waals surface area contributed by atoms with Gasteiger partial charge in [-0.15, -0.1) is 11.3 Å². The van der Waals surface area contributed by atoms with Gasteiger partial charge in [-0.2, -0.15) is 0 Å². The molecular formula is C15H11ClFNS. The lowest BCUT2D eigenvalue weighted by Crippen LogP contribution is -2.00. The van der Waals surface area contributed by atoms with E-state index >= 15 is 0 Å². The number of benzene rings is 2. The summed E-state index contributed by atoms with van der Waals surface area (Å²) in [5.74, 6) is -0.327. The molecule has 19 heavy (non-hydrogen) atoms. The van der Waals surface area contributed by atoms with Crippen molar-refractivity contribution in [3.63, 3.8) is 0 Å². The number of hydrogen-bond donors (Lipinski definition) is 1. The highest BCUT2D eigenvalue weighted by molar-refractivity contribution is 7.17. The van der Waals surface area contributed by atoms with Gasteiger partial charge in [-0.3, -0.25) is 0 Å². The number of hydrogen-bond acceptors (Lipinski definition) is 2. The van der Waals surface area contributed by atoms with E-state index in [0.717, 1.165) is 0 Å². The molecule has 96 valence electrons. The summed E-state index contributed by atoms with van der Waals surface area (Å²) in [6.07, 6.45) is 0. The van der Waals surface area contributed by atoms with E-state index in [4.69, 9.17) is 11.6 Å². The molecular weight excluding hydrogens is 281 g/mol. The van der Waals surface area contributed by atoms with Crippen LogP contribution in [0.2, 0.25) is 5.02 Å². The Morgan fingerprint density at radius 3 is 2.84 bits per heavy atom. The van der Waals surface area contributed by atoms with Crippen LogP contribution in [0.3, 0.4) is 0 Å². The van der Waals surface area contributed by atoms with Crippen LogP contribution in [0.15, 0.2) is 47.8 Å². The second kappa shape index (κ2) is 5.19. The van der Waals surface area contributed by atoms with Gasteiger partial charge in [0.15, 0.2) is 0 Å². The first kappa shape index (κ1) is 12.5. The molecule has 1 aromatic heterocycles. The predicted octanol–water partition coefficient (Wildman–Crippen LogP) is 5.31. The molecule has 0 atom stereocenters. The number of fused-ring (bicyclic) bond motifs is 1. The molecule has 0 saturated heterocycles. The monoisotopic (exact) mass is 291 g/mol. The number of halogens is 2. The molecule has 3 aromatic rings. The van der Waals surface area contributed by atoms with Gasteiger partial charge in [-0.1, -0.05) is 29.8 Å². The smallest absolute Gasteiger partial charge is 0.147 e. The first-order valence-electron chi connectivity index (χ1n) is 5.88. The van der Waals surface area contributed by atoms with Crippen LogP contribution >= 0.6 is 22.9 Å². The molecule has 0 unspecified atom stereocenters. The van der Waals surface area contributed by atoms with Crippen molar-refractivity contribution in [3.8, 4) is 0 Å². The maximum Gasteiger partial charge on any atom is 0.147 e. The summed E-state index contributed by atoms with van der Waals surface area (Å²) in [5, 5.41) is 6.83. The molecule has 0 saturated carbocycles. The van der Waals surface area contributed by atoms with E-state index in [1.807, 2.05) is 12.1 Å². The lowest BCUT2D eigenvalue weighted by atomic mass is 10.2. The Bertz CT molecular complexity index is 723. The van der Waals surface area contributed by atoms with Crippen molar-refractivity contribution in [2.75, 3.05) is 5.32 Å². The Hall–Kier alpha value is -1.58. The van der Waals surface area contributed by atoms with Gasteiger partial charge in [-0.25, -0.2) is 4.39 Å². The topological polar surface area (TPSA) is 12.0 Å². The van der Waals surface area contributed by atoms with Crippen molar-refractivity contribution in [2.45, 2.75) is 6.54 Å². The van der Waals surface area contributed by atoms with Crippen LogP contribution in [0.5, 0.6) is 0 Å². The summed E-state index contributed by atoms with van der Waals surface area (Å²) in [7, 11) is 0. The zero-order valence-corrected chi connectivity index (χ0v) is 11.6. The van der Waals surface area contributed by atoms with Gasteiger partial charge in [0.25, 0.3) is 0 Å². The van der Waals surface area contributed by atoms with Crippen LogP contribution in [0.1, 0.15) is 5.56 Å². The van der Waals surface area contributed by atoms with Crippen molar-refractivity contribution in [3.05, 3.63) is 64.2 Å². The highest BCUT2D eigenvalue weighted by atomic mass is 35.5. The number of rotatable bonds is 3. The Morgan fingerprint density at radius 2 is 2.00 bits per heavy atom. The van der Waals surface area contributed by atoms with Crippen LogP contribution in [-0.2, 0) is 6.54 Å². The average molecular weight is 292 g/mol. The summed E-state index contributed by atoms with van der Waals surface area (Å²) >= 11 is 7.43. The maximum absolute atomic E-state index is 13.6.